The van der Waals surface area contributed by atoms with E-state index in [4.69, 9.17) is 53.5 Å². The molecule has 0 radical (unpaired) electrons. The Labute approximate surface area is 197 Å². The second-order valence-corrected chi connectivity index (χ2v) is 7.44. The predicted molar refractivity (Wildman–Crippen MR) is 120 cm³/mol. The van der Waals surface area contributed by atoms with Crippen LogP contribution < -0.4 is 9.47 Å². The van der Waals surface area contributed by atoms with Crippen molar-refractivity contribution in [1.29, 1.82) is 16.1 Å². The highest BCUT2D eigenvalue weighted by molar-refractivity contribution is 6.32. The molecule has 0 unspecified atom stereocenters. The minimum atomic E-state index is -0.867. The Morgan fingerprint density at radius 2 is 1.82 bits per heavy atom. The number of nitrogens with zero attached hydrogens (tertiary/aromatic N) is 1. The Balaban J connectivity index is 1.79. The molecule has 2 N–H and O–H groups in total. The number of hydrogen-bond donors (Lipinski definition) is 2. The van der Waals surface area contributed by atoms with Crippen LogP contribution in [0.15, 0.2) is 48.5 Å². The highest BCUT2D eigenvalue weighted by atomic mass is 35.5. The van der Waals surface area contributed by atoms with Gasteiger partial charge in [-0.25, -0.2) is 8.78 Å². The van der Waals surface area contributed by atoms with Crippen LogP contribution in [0, 0.1) is 33.8 Å². The van der Waals surface area contributed by atoms with Crippen LogP contribution in [-0.2, 0) is 11.2 Å². The summed E-state index contributed by atoms with van der Waals surface area (Å²) in [6.07, 6.45) is -0.369. The van der Waals surface area contributed by atoms with E-state index in [1.54, 1.807) is 0 Å². The first-order chi connectivity index (χ1) is 15.7. The fourth-order valence-corrected chi connectivity index (χ4v) is 3.25. The van der Waals surface area contributed by atoms with Gasteiger partial charge in [0.25, 0.3) is 0 Å². The molecular formula is C23H15Cl2F2N3O3. The summed E-state index contributed by atoms with van der Waals surface area (Å²) in [5.74, 6) is -3.15. The maximum absolute atomic E-state index is 15.1. The van der Waals surface area contributed by atoms with Crippen molar-refractivity contribution in [2.24, 2.45) is 0 Å². The molecule has 0 bridgehead atoms. The molecule has 33 heavy (non-hydrogen) atoms. The number of nitrogens with one attached hydrogen (secondary N) is 2. The van der Waals surface area contributed by atoms with Gasteiger partial charge in [-0.1, -0.05) is 35.3 Å². The fourth-order valence-electron chi connectivity index (χ4n) is 2.84. The smallest absolute Gasteiger partial charge is 0.223 e. The molecule has 0 saturated heterocycles. The molecule has 10 heteroatoms. The predicted octanol–water partition coefficient (Wildman–Crippen LogP) is 6.51. The number of hydrogen-bond acceptors (Lipinski definition) is 6. The third-order valence-corrected chi connectivity index (χ3v) is 4.87. The van der Waals surface area contributed by atoms with Gasteiger partial charge in [0, 0.05) is 10.6 Å². The summed E-state index contributed by atoms with van der Waals surface area (Å²) in [4.78, 5) is 0. The lowest BCUT2D eigenvalue weighted by Gasteiger charge is -2.14. The molecule has 0 aromatic heterocycles. The molecule has 0 aliphatic carbocycles. The summed E-state index contributed by atoms with van der Waals surface area (Å²) in [5.41, 5.74) is -0.0153. The average Bonchev–Trinajstić information content (AvgIpc) is 2.78. The molecule has 0 aliphatic rings. The molecule has 0 amide bonds. The van der Waals surface area contributed by atoms with Crippen LogP contribution in [0.25, 0.3) is 0 Å². The van der Waals surface area contributed by atoms with E-state index in [1.165, 1.54) is 55.6 Å². The zero-order valence-electron chi connectivity index (χ0n) is 17.0. The minimum absolute atomic E-state index is 0.0131. The molecule has 168 valence electrons. The standard InChI is InChI=1S/C23H15Cl2F2N3O3/c1-31-18-4-2-3-16(21(18)27)23(30)33-19(29)9-13-5-6-17(25)22(20(13)26)32-15-8-12(11-28)7-14(24)10-15/h2-8,10,29-30H,9H2,1H3. The quantitative estimate of drug-likeness (QED) is 0.304. The van der Waals surface area contributed by atoms with Gasteiger partial charge < -0.3 is 14.2 Å². The average molecular weight is 490 g/mol. The first kappa shape index (κ1) is 24.0. The second kappa shape index (κ2) is 10.3. The molecule has 0 fully saturated rings. The van der Waals surface area contributed by atoms with E-state index in [0.29, 0.717) is 0 Å². The molecule has 0 saturated carbocycles. The van der Waals surface area contributed by atoms with Gasteiger partial charge in [0.15, 0.2) is 29.0 Å². The molecule has 0 atom stereocenters. The molecule has 0 aliphatic heterocycles. The van der Waals surface area contributed by atoms with E-state index in [2.05, 4.69) is 0 Å². The Kier molecular flexibility index (Phi) is 7.48. The maximum atomic E-state index is 15.1. The number of benzene rings is 3. The SMILES string of the molecule is COc1cccc(C(=N)OC(=N)Cc2ccc(Cl)c(Oc3cc(Cl)cc(C#N)c3)c2F)c1F. The van der Waals surface area contributed by atoms with Crippen LogP contribution in [0.1, 0.15) is 16.7 Å². The Morgan fingerprint density at radius 1 is 1.06 bits per heavy atom. The van der Waals surface area contributed by atoms with Crippen LogP contribution in [0.2, 0.25) is 10.0 Å². The van der Waals surface area contributed by atoms with Crippen molar-refractivity contribution in [2.45, 2.75) is 6.42 Å². The summed E-state index contributed by atoms with van der Waals surface area (Å²) >= 11 is 12.0. The van der Waals surface area contributed by atoms with Gasteiger partial charge in [0.1, 0.15) is 5.75 Å². The van der Waals surface area contributed by atoms with Gasteiger partial charge in [0.05, 0.1) is 35.7 Å². The lowest BCUT2D eigenvalue weighted by atomic mass is 10.1. The Bertz CT molecular complexity index is 1290. The minimum Gasteiger partial charge on any atom is -0.494 e. The van der Waals surface area contributed by atoms with E-state index in [0.717, 1.165) is 0 Å². The van der Waals surface area contributed by atoms with Crippen molar-refractivity contribution >= 4 is 35.0 Å². The largest absolute Gasteiger partial charge is 0.494 e. The highest BCUT2D eigenvalue weighted by Gasteiger charge is 2.19. The van der Waals surface area contributed by atoms with Gasteiger partial charge in [-0.3, -0.25) is 10.8 Å². The normalized spacial score (nSPS) is 10.3. The van der Waals surface area contributed by atoms with Crippen molar-refractivity contribution in [2.75, 3.05) is 7.11 Å². The van der Waals surface area contributed by atoms with Gasteiger partial charge >= 0.3 is 0 Å². The first-order valence-electron chi connectivity index (χ1n) is 9.25. The van der Waals surface area contributed by atoms with Crippen molar-refractivity contribution in [3.63, 3.8) is 0 Å². The third-order valence-electron chi connectivity index (χ3n) is 4.35. The van der Waals surface area contributed by atoms with E-state index >= 15 is 4.39 Å². The summed E-state index contributed by atoms with van der Waals surface area (Å²) in [5, 5.41) is 25.2. The van der Waals surface area contributed by atoms with E-state index in [-0.39, 0.29) is 50.4 Å². The molecular weight excluding hydrogens is 475 g/mol. The van der Waals surface area contributed by atoms with Crippen LogP contribution in [0.5, 0.6) is 17.2 Å². The summed E-state index contributed by atoms with van der Waals surface area (Å²) in [6, 6.07) is 12.9. The molecule has 3 aromatic carbocycles. The van der Waals surface area contributed by atoms with Crippen molar-refractivity contribution in [3.8, 4) is 23.3 Å². The van der Waals surface area contributed by atoms with E-state index in [9.17, 15) is 4.39 Å². The van der Waals surface area contributed by atoms with Gasteiger partial charge in [-0.05, 0) is 36.4 Å². The first-order valence-corrected chi connectivity index (χ1v) is 10.0. The van der Waals surface area contributed by atoms with E-state index in [1.807, 2.05) is 6.07 Å². The van der Waals surface area contributed by atoms with Crippen molar-refractivity contribution in [3.05, 3.63) is 86.9 Å². The summed E-state index contributed by atoms with van der Waals surface area (Å²) < 4.78 is 44.9. The van der Waals surface area contributed by atoms with Gasteiger partial charge in [-0.15, -0.1) is 0 Å². The number of halogens is 4. The monoisotopic (exact) mass is 489 g/mol. The highest BCUT2D eigenvalue weighted by Crippen LogP contribution is 2.35. The maximum Gasteiger partial charge on any atom is 0.223 e. The molecule has 0 spiro atoms. The lowest BCUT2D eigenvalue weighted by Crippen LogP contribution is -2.16. The van der Waals surface area contributed by atoms with Crippen LogP contribution in [0.3, 0.4) is 0 Å². The fraction of sp³-hybridized carbons (Fsp3) is 0.0870. The van der Waals surface area contributed by atoms with Crippen molar-refractivity contribution in [1.82, 2.24) is 0 Å². The third kappa shape index (κ3) is 5.58. The zero-order valence-corrected chi connectivity index (χ0v) is 18.5. The Morgan fingerprint density at radius 3 is 2.52 bits per heavy atom. The zero-order chi connectivity index (χ0) is 24.1. The number of rotatable bonds is 6. The lowest BCUT2D eigenvalue weighted by molar-refractivity contribution is 0.385. The summed E-state index contributed by atoms with van der Waals surface area (Å²) in [6.45, 7) is 0. The van der Waals surface area contributed by atoms with Crippen LogP contribution in [0.4, 0.5) is 8.78 Å². The molecule has 6 nitrogen and oxygen atoms in total. The van der Waals surface area contributed by atoms with Crippen molar-refractivity contribution < 1.29 is 23.0 Å². The van der Waals surface area contributed by atoms with Crippen LogP contribution >= 0.6 is 23.2 Å². The number of nitriles is 1. The number of methoxy groups -OCH3 is 1. The second-order valence-electron chi connectivity index (χ2n) is 6.59. The van der Waals surface area contributed by atoms with Crippen LogP contribution in [-0.4, -0.2) is 18.9 Å². The summed E-state index contributed by atoms with van der Waals surface area (Å²) in [7, 11) is 1.28. The van der Waals surface area contributed by atoms with Gasteiger partial charge in [-0.2, -0.15) is 5.26 Å². The number of ether oxygens (including phenoxy) is 3. The molecule has 0 heterocycles. The Hall–Kier alpha value is -3.67. The van der Waals surface area contributed by atoms with E-state index < -0.39 is 23.4 Å². The molecule has 3 aromatic rings. The molecule has 3 rings (SSSR count). The topological polar surface area (TPSA) is 99.2 Å². The van der Waals surface area contributed by atoms with Gasteiger partial charge in [0.2, 0.25) is 5.90 Å².